The SMILES string of the molecule is CCN(CC)S(=O)(=O)c1ccc(NC(=O)[C@@H](C)N(c2cc(Cl)ccc2C)S(C)(=O)=O)cc1. The first-order chi connectivity index (χ1) is 14.8. The third-order valence-electron chi connectivity index (χ3n) is 4.96. The van der Waals surface area contributed by atoms with Crippen molar-refractivity contribution in [2.24, 2.45) is 0 Å². The van der Waals surface area contributed by atoms with Gasteiger partial charge in [-0.25, -0.2) is 16.8 Å². The summed E-state index contributed by atoms with van der Waals surface area (Å²) >= 11 is 6.05. The molecule has 0 aliphatic rings. The van der Waals surface area contributed by atoms with Gasteiger partial charge in [0, 0.05) is 23.8 Å². The number of nitrogens with zero attached hydrogens (tertiary/aromatic N) is 2. The van der Waals surface area contributed by atoms with Crippen LogP contribution in [0.15, 0.2) is 47.4 Å². The van der Waals surface area contributed by atoms with E-state index in [1.807, 2.05) is 0 Å². The molecule has 1 N–H and O–H groups in total. The summed E-state index contributed by atoms with van der Waals surface area (Å²) < 4.78 is 52.6. The van der Waals surface area contributed by atoms with Crippen LogP contribution >= 0.6 is 11.6 Å². The fraction of sp³-hybridized carbons (Fsp3) is 0.381. The monoisotopic (exact) mass is 501 g/mol. The molecule has 0 saturated heterocycles. The van der Waals surface area contributed by atoms with E-state index in [1.165, 1.54) is 41.6 Å². The van der Waals surface area contributed by atoms with Gasteiger partial charge in [0.2, 0.25) is 26.0 Å². The Morgan fingerprint density at radius 2 is 1.59 bits per heavy atom. The van der Waals surface area contributed by atoms with Gasteiger partial charge in [-0.3, -0.25) is 9.10 Å². The normalized spacial score (nSPS) is 13.1. The van der Waals surface area contributed by atoms with Gasteiger partial charge in [-0.1, -0.05) is 31.5 Å². The molecule has 0 unspecified atom stereocenters. The highest BCUT2D eigenvalue weighted by atomic mass is 35.5. The number of benzene rings is 2. The fourth-order valence-electron chi connectivity index (χ4n) is 3.27. The average molecular weight is 502 g/mol. The molecular formula is C21H28ClN3O5S2. The van der Waals surface area contributed by atoms with Gasteiger partial charge in [-0.2, -0.15) is 4.31 Å². The van der Waals surface area contributed by atoms with E-state index in [0.717, 1.165) is 10.6 Å². The number of sulfonamides is 2. The van der Waals surface area contributed by atoms with Gasteiger partial charge >= 0.3 is 0 Å². The number of carbonyl (C=O) groups is 1. The van der Waals surface area contributed by atoms with Crippen LogP contribution in [-0.2, 0) is 24.8 Å². The quantitative estimate of drug-likeness (QED) is 0.566. The van der Waals surface area contributed by atoms with Crippen molar-refractivity contribution in [3.63, 3.8) is 0 Å². The molecule has 0 saturated carbocycles. The van der Waals surface area contributed by atoms with Crippen molar-refractivity contribution in [3.05, 3.63) is 53.1 Å². The Bertz CT molecular complexity index is 1180. The molecule has 8 nitrogen and oxygen atoms in total. The largest absolute Gasteiger partial charge is 0.324 e. The molecule has 11 heteroatoms. The Kier molecular flexibility index (Phi) is 8.33. The first kappa shape index (κ1) is 26.1. The highest BCUT2D eigenvalue weighted by molar-refractivity contribution is 7.92. The lowest BCUT2D eigenvalue weighted by molar-refractivity contribution is -0.116. The predicted octanol–water partition coefficient (Wildman–Crippen LogP) is 3.47. The van der Waals surface area contributed by atoms with Crippen molar-refractivity contribution in [2.45, 2.75) is 38.6 Å². The van der Waals surface area contributed by atoms with Gasteiger partial charge in [0.25, 0.3) is 0 Å². The molecule has 0 aliphatic carbocycles. The third kappa shape index (κ3) is 5.80. The van der Waals surface area contributed by atoms with Crippen molar-refractivity contribution in [3.8, 4) is 0 Å². The van der Waals surface area contributed by atoms with Crippen molar-refractivity contribution < 1.29 is 21.6 Å². The first-order valence-electron chi connectivity index (χ1n) is 9.99. The lowest BCUT2D eigenvalue weighted by Gasteiger charge is -2.29. The van der Waals surface area contributed by atoms with Gasteiger partial charge in [-0.15, -0.1) is 0 Å². The lowest BCUT2D eigenvalue weighted by atomic mass is 10.1. The molecule has 0 aliphatic heterocycles. The van der Waals surface area contributed by atoms with Gasteiger partial charge in [0.1, 0.15) is 6.04 Å². The molecule has 2 aromatic carbocycles. The van der Waals surface area contributed by atoms with E-state index in [9.17, 15) is 21.6 Å². The maximum Gasteiger partial charge on any atom is 0.247 e. The van der Waals surface area contributed by atoms with Crippen LogP contribution in [0.1, 0.15) is 26.3 Å². The number of rotatable bonds is 9. The van der Waals surface area contributed by atoms with E-state index in [-0.39, 0.29) is 4.90 Å². The Hall–Kier alpha value is -2.14. The van der Waals surface area contributed by atoms with Crippen LogP contribution < -0.4 is 9.62 Å². The lowest BCUT2D eigenvalue weighted by Crippen LogP contribution is -2.45. The number of hydrogen-bond acceptors (Lipinski definition) is 5. The minimum absolute atomic E-state index is 0.111. The highest BCUT2D eigenvalue weighted by Gasteiger charge is 2.30. The summed E-state index contributed by atoms with van der Waals surface area (Å²) in [7, 11) is -7.43. The molecule has 1 atom stereocenters. The summed E-state index contributed by atoms with van der Waals surface area (Å²) in [6.45, 7) is 7.40. The van der Waals surface area contributed by atoms with Crippen LogP contribution in [0.5, 0.6) is 0 Å². The van der Waals surface area contributed by atoms with Gasteiger partial charge in [0.15, 0.2) is 0 Å². The molecule has 0 spiro atoms. The molecule has 0 fully saturated rings. The van der Waals surface area contributed by atoms with E-state index in [1.54, 1.807) is 32.9 Å². The molecular weight excluding hydrogens is 474 g/mol. The van der Waals surface area contributed by atoms with E-state index in [0.29, 0.717) is 35.1 Å². The maximum atomic E-state index is 12.9. The summed E-state index contributed by atoms with van der Waals surface area (Å²) in [5.41, 5.74) is 1.30. The first-order valence-corrected chi connectivity index (χ1v) is 13.7. The molecule has 176 valence electrons. The minimum atomic E-state index is -3.81. The molecule has 32 heavy (non-hydrogen) atoms. The van der Waals surface area contributed by atoms with Crippen LogP contribution in [0.4, 0.5) is 11.4 Å². The van der Waals surface area contributed by atoms with E-state index in [4.69, 9.17) is 11.6 Å². The second-order valence-corrected chi connectivity index (χ2v) is 11.5. The summed E-state index contributed by atoms with van der Waals surface area (Å²) in [5, 5.41) is 2.99. The average Bonchev–Trinajstić information content (AvgIpc) is 2.70. The molecule has 2 rings (SSSR count). The molecule has 0 bridgehead atoms. The molecule has 0 radical (unpaired) electrons. The predicted molar refractivity (Wildman–Crippen MR) is 128 cm³/mol. The molecule has 0 heterocycles. The van der Waals surface area contributed by atoms with Gasteiger partial charge in [-0.05, 0) is 55.8 Å². The third-order valence-corrected chi connectivity index (χ3v) is 8.49. The topological polar surface area (TPSA) is 104 Å². The zero-order chi connectivity index (χ0) is 24.3. The van der Waals surface area contributed by atoms with Crippen LogP contribution in [-0.4, -0.2) is 52.4 Å². The second kappa shape index (κ2) is 10.2. The standard InChI is InChI=1S/C21H28ClN3O5S2/c1-6-24(7-2)32(29,30)19-12-10-18(11-13-19)23-21(26)16(4)25(31(5,27)28)20-14-17(22)9-8-15(20)3/h8-14,16H,6-7H2,1-5H3,(H,23,26)/t16-/m1/s1. The Morgan fingerprint density at radius 1 is 1.03 bits per heavy atom. The summed E-state index contributed by atoms with van der Waals surface area (Å²) in [6, 6.07) is 9.48. The van der Waals surface area contributed by atoms with Crippen molar-refractivity contribution >= 4 is 48.9 Å². The van der Waals surface area contributed by atoms with E-state index < -0.39 is 32.0 Å². The molecule has 1 amide bonds. The fourth-order valence-corrected chi connectivity index (χ4v) is 6.12. The number of anilines is 2. The summed E-state index contributed by atoms with van der Waals surface area (Å²) in [6.07, 6.45) is 1.02. The zero-order valence-electron chi connectivity index (χ0n) is 18.7. The molecule has 2 aromatic rings. The minimum Gasteiger partial charge on any atom is -0.324 e. The summed E-state index contributed by atoms with van der Waals surface area (Å²) in [4.78, 5) is 13.0. The number of halogens is 1. The second-order valence-electron chi connectivity index (χ2n) is 7.27. The Labute approximate surface area is 195 Å². The number of amides is 1. The van der Waals surface area contributed by atoms with Crippen LogP contribution in [0.2, 0.25) is 5.02 Å². The number of aryl methyl sites for hydroxylation is 1. The van der Waals surface area contributed by atoms with Crippen LogP contribution in [0.3, 0.4) is 0 Å². The van der Waals surface area contributed by atoms with Crippen LogP contribution in [0.25, 0.3) is 0 Å². The van der Waals surface area contributed by atoms with Gasteiger partial charge < -0.3 is 5.32 Å². The summed E-state index contributed by atoms with van der Waals surface area (Å²) in [5.74, 6) is -0.575. The van der Waals surface area contributed by atoms with Crippen molar-refractivity contribution in [2.75, 3.05) is 29.0 Å². The van der Waals surface area contributed by atoms with Crippen molar-refractivity contribution in [1.82, 2.24) is 4.31 Å². The van der Waals surface area contributed by atoms with Crippen molar-refractivity contribution in [1.29, 1.82) is 0 Å². The number of nitrogens with one attached hydrogen (secondary N) is 1. The van der Waals surface area contributed by atoms with Crippen LogP contribution in [0, 0.1) is 6.92 Å². The number of carbonyl (C=O) groups excluding carboxylic acids is 1. The Balaban J connectivity index is 2.30. The van der Waals surface area contributed by atoms with E-state index >= 15 is 0 Å². The molecule has 0 aromatic heterocycles. The zero-order valence-corrected chi connectivity index (χ0v) is 21.1. The van der Waals surface area contributed by atoms with Gasteiger partial charge in [0.05, 0.1) is 16.8 Å². The smallest absolute Gasteiger partial charge is 0.247 e. The number of hydrogen-bond donors (Lipinski definition) is 1. The highest BCUT2D eigenvalue weighted by Crippen LogP contribution is 2.28. The maximum absolute atomic E-state index is 12.9. The Morgan fingerprint density at radius 3 is 2.09 bits per heavy atom. The van der Waals surface area contributed by atoms with E-state index in [2.05, 4.69) is 5.32 Å².